The summed E-state index contributed by atoms with van der Waals surface area (Å²) in [5.41, 5.74) is 2.75. The van der Waals surface area contributed by atoms with Gasteiger partial charge in [0.2, 0.25) is 5.82 Å². The number of benzene rings is 2. The second kappa shape index (κ2) is 6.89. The van der Waals surface area contributed by atoms with Crippen molar-refractivity contribution in [3.05, 3.63) is 59.5 Å². The monoisotopic (exact) mass is 333 g/mol. The Labute approximate surface area is 144 Å². The topological polar surface area (TPSA) is 92.2 Å². The zero-order valence-electron chi connectivity index (χ0n) is 13.7. The maximum absolute atomic E-state index is 9.83. The summed E-state index contributed by atoms with van der Waals surface area (Å²) in [6, 6.07) is 14.5. The Hall–Kier alpha value is -3.59. The average molecular weight is 333 g/mol. The first-order valence-corrected chi connectivity index (χ1v) is 7.50. The molecule has 0 radical (unpaired) electrons. The van der Waals surface area contributed by atoms with Crippen molar-refractivity contribution in [2.45, 2.75) is 6.92 Å². The lowest BCUT2D eigenvalue weighted by molar-refractivity contribution is 0.373. The van der Waals surface area contributed by atoms with Crippen LogP contribution >= 0.6 is 0 Å². The normalized spacial score (nSPS) is 11.2. The summed E-state index contributed by atoms with van der Waals surface area (Å²) in [6.45, 7) is 1.99. The van der Waals surface area contributed by atoms with Gasteiger partial charge in [-0.3, -0.25) is 0 Å². The number of allylic oxidation sites excluding steroid dienone is 1. The average Bonchev–Trinajstić information content (AvgIpc) is 3.10. The Morgan fingerprint density at radius 1 is 1.24 bits per heavy atom. The van der Waals surface area contributed by atoms with Crippen LogP contribution < -0.4 is 4.74 Å². The van der Waals surface area contributed by atoms with Crippen LogP contribution in [0, 0.1) is 18.3 Å². The van der Waals surface area contributed by atoms with E-state index in [-0.39, 0.29) is 17.2 Å². The highest BCUT2D eigenvalue weighted by Gasteiger charge is 2.13. The number of phenols is 1. The van der Waals surface area contributed by atoms with E-state index >= 15 is 0 Å². The largest absolute Gasteiger partial charge is 0.504 e. The SMILES string of the molecule is COc1ccc(/C=C(\C#N)c2nc(-c3ccc(C)cc3)no2)cc1O. The molecule has 0 amide bonds. The van der Waals surface area contributed by atoms with Crippen molar-refractivity contribution in [2.24, 2.45) is 0 Å². The van der Waals surface area contributed by atoms with Gasteiger partial charge in [-0.1, -0.05) is 41.1 Å². The lowest BCUT2D eigenvalue weighted by Gasteiger charge is -2.03. The summed E-state index contributed by atoms with van der Waals surface area (Å²) in [4.78, 5) is 4.28. The van der Waals surface area contributed by atoms with Crippen LogP contribution in [0.15, 0.2) is 47.0 Å². The smallest absolute Gasteiger partial charge is 0.268 e. The standard InChI is InChI=1S/C19H15N3O3/c1-12-3-6-14(7-4-12)18-21-19(25-22-18)15(11-20)9-13-5-8-17(24-2)16(23)10-13/h3-10,23H,1-2H3/b15-9+. The van der Waals surface area contributed by atoms with Crippen LogP contribution in [0.25, 0.3) is 23.0 Å². The van der Waals surface area contributed by atoms with Gasteiger partial charge in [0, 0.05) is 5.56 Å². The molecule has 0 saturated heterocycles. The van der Waals surface area contributed by atoms with Gasteiger partial charge < -0.3 is 14.4 Å². The molecular formula is C19H15N3O3. The fourth-order valence-corrected chi connectivity index (χ4v) is 2.26. The van der Waals surface area contributed by atoms with Crippen LogP contribution in [0.5, 0.6) is 11.5 Å². The molecule has 0 aliphatic heterocycles. The van der Waals surface area contributed by atoms with Crippen LogP contribution in [-0.4, -0.2) is 22.4 Å². The van der Waals surface area contributed by atoms with Gasteiger partial charge in [-0.05, 0) is 30.7 Å². The van der Waals surface area contributed by atoms with Crippen LogP contribution in [0.4, 0.5) is 0 Å². The van der Waals surface area contributed by atoms with Gasteiger partial charge in [0.25, 0.3) is 5.89 Å². The molecule has 0 spiro atoms. The van der Waals surface area contributed by atoms with Crippen molar-refractivity contribution in [2.75, 3.05) is 7.11 Å². The predicted molar refractivity (Wildman–Crippen MR) is 92.6 cm³/mol. The van der Waals surface area contributed by atoms with Gasteiger partial charge >= 0.3 is 0 Å². The maximum Gasteiger partial charge on any atom is 0.268 e. The minimum absolute atomic E-state index is 0.0144. The van der Waals surface area contributed by atoms with Crippen LogP contribution in [0.2, 0.25) is 0 Å². The summed E-state index contributed by atoms with van der Waals surface area (Å²) < 4.78 is 10.2. The molecule has 0 bridgehead atoms. The van der Waals surface area contributed by atoms with Crippen molar-refractivity contribution >= 4 is 11.6 Å². The highest BCUT2D eigenvalue weighted by molar-refractivity contribution is 5.87. The van der Waals surface area contributed by atoms with E-state index in [1.165, 1.54) is 13.2 Å². The molecule has 6 heteroatoms. The van der Waals surface area contributed by atoms with Gasteiger partial charge in [0.15, 0.2) is 11.5 Å². The van der Waals surface area contributed by atoms with Crippen molar-refractivity contribution in [3.8, 4) is 29.0 Å². The number of methoxy groups -OCH3 is 1. The lowest BCUT2D eigenvalue weighted by atomic mass is 10.1. The van der Waals surface area contributed by atoms with Gasteiger partial charge in [-0.2, -0.15) is 10.2 Å². The number of phenolic OH excluding ortho intramolecular Hbond substituents is 1. The van der Waals surface area contributed by atoms with E-state index in [0.29, 0.717) is 17.1 Å². The molecule has 124 valence electrons. The van der Waals surface area contributed by atoms with Crippen molar-refractivity contribution in [1.29, 1.82) is 5.26 Å². The highest BCUT2D eigenvalue weighted by atomic mass is 16.5. The molecule has 1 N–H and O–H groups in total. The zero-order valence-corrected chi connectivity index (χ0v) is 13.7. The summed E-state index contributed by atoms with van der Waals surface area (Å²) in [5, 5.41) is 23.2. The van der Waals surface area contributed by atoms with Gasteiger partial charge in [0.05, 0.1) is 7.11 Å². The van der Waals surface area contributed by atoms with Crippen molar-refractivity contribution in [3.63, 3.8) is 0 Å². The molecule has 0 aliphatic rings. The van der Waals surface area contributed by atoms with E-state index in [1.807, 2.05) is 37.3 Å². The lowest BCUT2D eigenvalue weighted by Crippen LogP contribution is -1.86. The third kappa shape index (κ3) is 3.51. The second-order valence-electron chi connectivity index (χ2n) is 5.39. The Kier molecular flexibility index (Phi) is 4.48. The third-order valence-corrected chi connectivity index (χ3v) is 3.60. The Balaban J connectivity index is 1.92. The number of hydrogen-bond acceptors (Lipinski definition) is 6. The maximum atomic E-state index is 9.83. The minimum Gasteiger partial charge on any atom is -0.504 e. The molecule has 1 heterocycles. The summed E-state index contributed by atoms with van der Waals surface area (Å²) in [6.07, 6.45) is 1.56. The van der Waals surface area contributed by atoms with Crippen LogP contribution in [0.1, 0.15) is 17.0 Å². The van der Waals surface area contributed by atoms with Crippen molar-refractivity contribution in [1.82, 2.24) is 10.1 Å². The van der Waals surface area contributed by atoms with Gasteiger partial charge in [-0.15, -0.1) is 0 Å². The first-order valence-electron chi connectivity index (χ1n) is 7.50. The van der Waals surface area contributed by atoms with Gasteiger partial charge in [0.1, 0.15) is 11.6 Å². The predicted octanol–water partition coefficient (Wildman–Crippen LogP) is 3.82. The fourth-order valence-electron chi connectivity index (χ4n) is 2.26. The summed E-state index contributed by atoms with van der Waals surface area (Å²) in [7, 11) is 1.47. The molecule has 25 heavy (non-hydrogen) atoms. The quantitative estimate of drug-likeness (QED) is 0.730. The van der Waals surface area contributed by atoms with Crippen LogP contribution in [0.3, 0.4) is 0 Å². The minimum atomic E-state index is -0.0144. The summed E-state index contributed by atoms with van der Waals surface area (Å²) in [5.74, 6) is 0.872. The molecule has 2 aromatic carbocycles. The van der Waals surface area contributed by atoms with E-state index in [4.69, 9.17) is 9.26 Å². The Morgan fingerprint density at radius 3 is 2.64 bits per heavy atom. The van der Waals surface area contributed by atoms with E-state index in [9.17, 15) is 10.4 Å². The molecule has 0 atom stereocenters. The number of aromatic hydroxyl groups is 1. The summed E-state index contributed by atoms with van der Waals surface area (Å²) >= 11 is 0. The Morgan fingerprint density at radius 2 is 2.00 bits per heavy atom. The molecule has 0 saturated carbocycles. The third-order valence-electron chi connectivity index (χ3n) is 3.60. The number of nitriles is 1. The molecule has 0 unspecified atom stereocenters. The van der Waals surface area contributed by atoms with E-state index in [2.05, 4.69) is 10.1 Å². The number of hydrogen-bond donors (Lipinski definition) is 1. The number of ether oxygens (including phenoxy) is 1. The fraction of sp³-hybridized carbons (Fsp3) is 0.105. The van der Waals surface area contributed by atoms with Crippen molar-refractivity contribution < 1.29 is 14.4 Å². The number of nitrogens with zero attached hydrogens (tertiary/aromatic N) is 3. The van der Waals surface area contributed by atoms with Crippen LogP contribution in [-0.2, 0) is 0 Å². The molecular weight excluding hydrogens is 318 g/mol. The van der Waals surface area contributed by atoms with E-state index in [0.717, 1.165) is 11.1 Å². The van der Waals surface area contributed by atoms with E-state index in [1.54, 1.807) is 18.2 Å². The molecule has 6 nitrogen and oxygen atoms in total. The highest BCUT2D eigenvalue weighted by Crippen LogP contribution is 2.28. The van der Waals surface area contributed by atoms with E-state index < -0.39 is 0 Å². The molecule has 3 rings (SSSR count). The first-order chi connectivity index (χ1) is 12.1. The molecule has 3 aromatic rings. The van der Waals surface area contributed by atoms with Gasteiger partial charge in [-0.25, -0.2) is 0 Å². The number of rotatable bonds is 4. The second-order valence-corrected chi connectivity index (χ2v) is 5.39. The molecule has 0 fully saturated rings. The number of aromatic nitrogens is 2. The number of aryl methyl sites for hydroxylation is 1. The molecule has 0 aliphatic carbocycles. The Bertz CT molecular complexity index is 966. The first kappa shape index (κ1) is 16.3. The zero-order chi connectivity index (χ0) is 17.8. The molecule has 1 aromatic heterocycles.